The van der Waals surface area contributed by atoms with Crippen LogP contribution in [0.5, 0.6) is 0 Å². The highest BCUT2D eigenvalue weighted by Crippen LogP contribution is 2.21. The second-order valence-corrected chi connectivity index (χ2v) is 4.72. The summed E-state index contributed by atoms with van der Waals surface area (Å²) < 4.78 is 7.74. The first kappa shape index (κ1) is 12.3. The maximum absolute atomic E-state index is 11.2. The number of ether oxygens (including phenoxy) is 1. The molecule has 90 valence electrons. The van der Waals surface area contributed by atoms with Gasteiger partial charge in [-0.1, -0.05) is 0 Å². The number of nitrogens with zero attached hydrogens (tertiary/aromatic N) is 3. The van der Waals surface area contributed by atoms with Gasteiger partial charge in [0.1, 0.15) is 4.60 Å². The second-order valence-electron chi connectivity index (χ2n) is 3.05. The van der Waals surface area contributed by atoms with Crippen molar-refractivity contribution in [1.82, 2.24) is 14.6 Å². The largest absolute Gasteiger partial charge is 0.450 e. The van der Waals surface area contributed by atoms with Gasteiger partial charge in [-0.05, 0) is 44.8 Å². The van der Waals surface area contributed by atoms with Crippen molar-refractivity contribution in [3.8, 4) is 0 Å². The number of nitrogens with one attached hydrogen (secondary N) is 1. The Hall–Kier alpha value is -1.15. The molecule has 2 aromatic rings. The van der Waals surface area contributed by atoms with Gasteiger partial charge in [-0.2, -0.15) is 5.10 Å². The van der Waals surface area contributed by atoms with Gasteiger partial charge >= 0.3 is 6.09 Å². The zero-order chi connectivity index (χ0) is 12.4. The molecule has 2 aromatic heterocycles. The number of amides is 1. The van der Waals surface area contributed by atoms with Gasteiger partial charge in [-0.15, -0.1) is 0 Å². The van der Waals surface area contributed by atoms with Crippen molar-refractivity contribution in [3.05, 3.63) is 21.3 Å². The van der Waals surface area contributed by atoms with Crippen LogP contribution in [-0.4, -0.2) is 27.3 Å². The molecule has 1 amide bonds. The van der Waals surface area contributed by atoms with Crippen molar-refractivity contribution in [3.63, 3.8) is 0 Å². The van der Waals surface area contributed by atoms with Crippen LogP contribution < -0.4 is 5.32 Å². The number of anilines is 1. The summed E-state index contributed by atoms with van der Waals surface area (Å²) in [6.07, 6.45) is 1.06. The molecular formula is C9H8Br2N4O2. The summed E-state index contributed by atoms with van der Waals surface area (Å²) in [4.78, 5) is 15.4. The molecule has 0 fully saturated rings. The highest BCUT2D eigenvalue weighted by atomic mass is 79.9. The first-order valence-corrected chi connectivity index (χ1v) is 6.34. The molecule has 1 N–H and O–H groups in total. The van der Waals surface area contributed by atoms with Crippen molar-refractivity contribution in [2.45, 2.75) is 6.92 Å². The second kappa shape index (κ2) is 5.01. The van der Waals surface area contributed by atoms with E-state index in [4.69, 9.17) is 4.74 Å². The third-order valence-corrected chi connectivity index (χ3v) is 2.83. The lowest BCUT2D eigenvalue weighted by molar-refractivity contribution is 0.168. The van der Waals surface area contributed by atoms with Crippen LogP contribution in [-0.2, 0) is 4.74 Å². The van der Waals surface area contributed by atoms with E-state index >= 15 is 0 Å². The SMILES string of the molecule is CCOC(=O)Nc1cn2nc(Br)cc(Br)c2n1. The zero-order valence-electron chi connectivity index (χ0n) is 8.78. The summed E-state index contributed by atoms with van der Waals surface area (Å²) in [5.74, 6) is 0.384. The Morgan fingerprint density at radius 3 is 3.06 bits per heavy atom. The van der Waals surface area contributed by atoms with E-state index in [1.54, 1.807) is 23.7 Å². The molecule has 0 saturated heterocycles. The van der Waals surface area contributed by atoms with Gasteiger partial charge in [0, 0.05) is 0 Å². The number of carbonyl (C=O) groups is 1. The average Bonchev–Trinajstić information content (AvgIpc) is 2.60. The molecule has 2 heterocycles. The van der Waals surface area contributed by atoms with E-state index in [1.165, 1.54) is 0 Å². The smallest absolute Gasteiger partial charge is 0.412 e. The molecule has 0 spiro atoms. The van der Waals surface area contributed by atoms with Crippen molar-refractivity contribution in [2.75, 3.05) is 11.9 Å². The van der Waals surface area contributed by atoms with Crippen LogP contribution in [0.3, 0.4) is 0 Å². The van der Waals surface area contributed by atoms with Crippen LogP contribution in [0.4, 0.5) is 10.6 Å². The van der Waals surface area contributed by atoms with Crippen LogP contribution in [0, 0.1) is 0 Å². The molecule has 0 radical (unpaired) electrons. The van der Waals surface area contributed by atoms with Crippen molar-refractivity contribution >= 4 is 49.4 Å². The summed E-state index contributed by atoms with van der Waals surface area (Å²) in [5.41, 5.74) is 0.611. The van der Waals surface area contributed by atoms with Gasteiger partial charge < -0.3 is 4.74 Å². The highest BCUT2D eigenvalue weighted by molar-refractivity contribution is 9.11. The fourth-order valence-electron chi connectivity index (χ4n) is 1.24. The van der Waals surface area contributed by atoms with Gasteiger partial charge in [0.25, 0.3) is 0 Å². The molecule has 8 heteroatoms. The van der Waals surface area contributed by atoms with Crippen LogP contribution in [0.2, 0.25) is 0 Å². The predicted molar refractivity (Wildman–Crippen MR) is 69.0 cm³/mol. The minimum absolute atomic E-state index is 0.312. The van der Waals surface area contributed by atoms with E-state index in [0.717, 1.165) is 4.47 Å². The molecule has 0 atom stereocenters. The number of fused-ring (bicyclic) bond motifs is 1. The normalized spacial score (nSPS) is 10.5. The zero-order valence-corrected chi connectivity index (χ0v) is 11.9. The maximum atomic E-state index is 11.2. The summed E-state index contributed by atoms with van der Waals surface area (Å²) in [5, 5.41) is 6.67. The first-order chi connectivity index (χ1) is 8.10. The molecule has 0 bridgehead atoms. The summed E-state index contributed by atoms with van der Waals surface area (Å²) in [7, 11) is 0. The Morgan fingerprint density at radius 2 is 2.35 bits per heavy atom. The Labute approximate surface area is 114 Å². The van der Waals surface area contributed by atoms with Crippen LogP contribution in [0.25, 0.3) is 5.65 Å². The van der Waals surface area contributed by atoms with Crippen LogP contribution in [0.15, 0.2) is 21.3 Å². The Kier molecular flexibility index (Phi) is 3.63. The van der Waals surface area contributed by atoms with E-state index in [0.29, 0.717) is 22.7 Å². The van der Waals surface area contributed by atoms with E-state index in [-0.39, 0.29) is 0 Å². The van der Waals surface area contributed by atoms with Gasteiger partial charge in [-0.25, -0.2) is 14.3 Å². The monoisotopic (exact) mass is 362 g/mol. The Morgan fingerprint density at radius 1 is 1.59 bits per heavy atom. The molecule has 0 unspecified atom stereocenters. The van der Waals surface area contributed by atoms with E-state index in [1.807, 2.05) is 0 Å². The standard InChI is InChI=1S/C9H8Br2N4O2/c1-2-17-9(16)13-7-4-15-8(12-7)5(10)3-6(11)14-15/h3-4H,2H2,1H3,(H,13,16). The Balaban J connectivity index is 2.32. The summed E-state index contributed by atoms with van der Waals surface area (Å²) in [6.45, 7) is 2.05. The van der Waals surface area contributed by atoms with Crippen LogP contribution in [0.1, 0.15) is 6.92 Å². The van der Waals surface area contributed by atoms with Crippen molar-refractivity contribution in [1.29, 1.82) is 0 Å². The Bertz CT molecular complexity index is 569. The molecule has 0 saturated carbocycles. The number of rotatable bonds is 2. The van der Waals surface area contributed by atoms with Crippen LogP contribution >= 0.6 is 31.9 Å². The quantitative estimate of drug-likeness (QED) is 0.890. The number of hydrogen-bond acceptors (Lipinski definition) is 4. The number of aromatic nitrogens is 3. The number of hydrogen-bond donors (Lipinski definition) is 1. The lowest BCUT2D eigenvalue weighted by atomic mass is 10.6. The fraction of sp³-hybridized carbons (Fsp3) is 0.222. The molecule has 0 aromatic carbocycles. The number of carbonyl (C=O) groups excluding carboxylic acids is 1. The summed E-state index contributed by atoms with van der Waals surface area (Å²) >= 11 is 6.63. The molecule has 6 nitrogen and oxygen atoms in total. The van der Waals surface area contributed by atoms with E-state index < -0.39 is 6.09 Å². The highest BCUT2D eigenvalue weighted by Gasteiger charge is 2.10. The third kappa shape index (κ3) is 2.75. The number of imidazole rings is 1. The lowest BCUT2D eigenvalue weighted by Gasteiger charge is -1.99. The third-order valence-electron chi connectivity index (χ3n) is 1.86. The molecule has 0 aliphatic rings. The predicted octanol–water partition coefficient (Wildman–Crippen LogP) is 2.82. The molecular weight excluding hydrogens is 356 g/mol. The van der Waals surface area contributed by atoms with Crippen molar-refractivity contribution in [2.24, 2.45) is 0 Å². The van der Waals surface area contributed by atoms with E-state index in [9.17, 15) is 4.79 Å². The topological polar surface area (TPSA) is 68.5 Å². The molecule has 17 heavy (non-hydrogen) atoms. The lowest BCUT2D eigenvalue weighted by Crippen LogP contribution is -2.13. The van der Waals surface area contributed by atoms with Gasteiger partial charge in [0.05, 0.1) is 17.3 Å². The molecule has 2 rings (SSSR count). The number of halogens is 2. The minimum Gasteiger partial charge on any atom is -0.450 e. The molecule has 0 aliphatic carbocycles. The van der Waals surface area contributed by atoms with Crippen molar-refractivity contribution < 1.29 is 9.53 Å². The maximum Gasteiger partial charge on any atom is 0.412 e. The van der Waals surface area contributed by atoms with Gasteiger partial charge in [0.2, 0.25) is 0 Å². The average molecular weight is 364 g/mol. The minimum atomic E-state index is -0.536. The van der Waals surface area contributed by atoms with Gasteiger partial charge in [-0.3, -0.25) is 5.32 Å². The van der Waals surface area contributed by atoms with E-state index in [2.05, 4.69) is 47.3 Å². The van der Waals surface area contributed by atoms with Gasteiger partial charge in [0.15, 0.2) is 11.5 Å². The summed E-state index contributed by atoms with van der Waals surface area (Å²) in [6, 6.07) is 1.77. The fourth-order valence-corrected chi connectivity index (χ4v) is 2.44. The first-order valence-electron chi connectivity index (χ1n) is 4.75. The molecule has 0 aliphatic heterocycles.